The Bertz CT molecular complexity index is 1590. The first-order valence-corrected chi connectivity index (χ1v) is 35.2. The van der Waals surface area contributed by atoms with Gasteiger partial charge >= 0.3 is 17.9 Å². The van der Waals surface area contributed by atoms with E-state index in [0.29, 0.717) is 19.3 Å². The minimum absolute atomic E-state index is 0.0883. The zero-order chi connectivity index (χ0) is 59.2. The molecule has 6 nitrogen and oxygen atoms in total. The van der Waals surface area contributed by atoms with Crippen LogP contribution in [-0.4, -0.2) is 37.2 Å². The number of rotatable bonds is 64. The second kappa shape index (κ2) is 69.8. The Hall–Kier alpha value is -3.67. The molecule has 0 fully saturated rings. The molecule has 0 radical (unpaired) electrons. The Kier molecular flexibility index (Phi) is 66.7. The molecule has 0 spiro atoms. The summed E-state index contributed by atoms with van der Waals surface area (Å²) in [5.41, 5.74) is 0. The van der Waals surface area contributed by atoms with Crippen molar-refractivity contribution in [1.82, 2.24) is 0 Å². The standard InChI is InChI=1S/C76H132O6/c1-4-7-10-13-16-19-22-25-28-31-32-33-34-35-36-37-38-39-40-41-42-43-44-46-48-51-54-57-60-63-66-69-75(78)81-72-73(71-80-74(77)68-65-62-59-56-53-50-47-30-27-24-21-18-15-12-9-6-3)82-76(79)70-67-64-61-58-55-52-49-45-29-26-23-20-17-14-11-8-5-2/h8,11,17,20,22,25-26,29-32,34-35,47,49,52,73H,4-7,9-10,12-16,18-19,21,23-24,27-28,33,36-46,48,50-51,53-72H2,1-3H3/b11-8-,20-17-,25-22-,29-26-,32-31-,35-34-,47-30-,52-49-. The van der Waals surface area contributed by atoms with E-state index in [2.05, 4.69) is 118 Å². The lowest BCUT2D eigenvalue weighted by Gasteiger charge is -2.18. The molecule has 0 rings (SSSR count). The van der Waals surface area contributed by atoms with Crippen LogP contribution in [0.25, 0.3) is 0 Å². The third kappa shape index (κ3) is 67.1. The minimum atomic E-state index is -0.795. The molecule has 0 bridgehead atoms. The zero-order valence-electron chi connectivity index (χ0n) is 54.2. The van der Waals surface area contributed by atoms with E-state index in [4.69, 9.17) is 14.2 Å². The van der Waals surface area contributed by atoms with Crippen LogP contribution in [0.2, 0.25) is 0 Å². The van der Waals surface area contributed by atoms with Crippen molar-refractivity contribution in [3.8, 4) is 0 Å². The molecular formula is C76H132O6. The molecule has 0 aliphatic rings. The van der Waals surface area contributed by atoms with Crippen LogP contribution in [-0.2, 0) is 28.6 Å². The lowest BCUT2D eigenvalue weighted by molar-refractivity contribution is -0.167. The molecule has 1 unspecified atom stereocenters. The molecule has 0 aliphatic carbocycles. The second-order valence-electron chi connectivity index (χ2n) is 23.4. The van der Waals surface area contributed by atoms with Crippen LogP contribution in [0, 0.1) is 0 Å². The molecule has 0 amide bonds. The van der Waals surface area contributed by atoms with Crippen molar-refractivity contribution in [3.05, 3.63) is 97.2 Å². The van der Waals surface area contributed by atoms with E-state index in [1.54, 1.807) is 0 Å². The van der Waals surface area contributed by atoms with E-state index in [9.17, 15) is 14.4 Å². The third-order valence-corrected chi connectivity index (χ3v) is 15.3. The van der Waals surface area contributed by atoms with Gasteiger partial charge in [-0.2, -0.15) is 0 Å². The first-order valence-electron chi connectivity index (χ1n) is 35.2. The maximum atomic E-state index is 12.9. The Morgan fingerprint density at radius 3 is 0.756 bits per heavy atom. The van der Waals surface area contributed by atoms with E-state index < -0.39 is 6.10 Å². The third-order valence-electron chi connectivity index (χ3n) is 15.3. The van der Waals surface area contributed by atoms with E-state index in [1.807, 2.05) is 0 Å². The number of carbonyl (C=O) groups is 3. The average molecular weight is 1140 g/mol. The molecule has 82 heavy (non-hydrogen) atoms. The molecule has 472 valence electrons. The quantitative estimate of drug-likeness (QED) is 0.0261. The molecule has 0 aromatic heterocycles. The van der Waals surface area contributed by atoms with Gasteiger partial charge in [-0.1, -0.05) is 304 Å². The summed E-state index contributed by atoms with van der Waals surface area (Å²) in [4.78, 5) is 38.4. The first kappa shape index (κ1) is 78.3. The van der Waals surface area contributed by atoms with Crippen molar-refractivity contribution < 1.29 is 28.6 Å². The molecule has 6 heteroatoms. The first-order chi connectivity index (χ1) is 40.5. The van der Waals surface area contributed by atoms with Gasteiger partial charge in [0.2, 0.25) is 0 Å². The smallest absolute Gasteiger partial charge is 0.306 e. The summed E-state index contributed by atoms with van der Waals surface area (Å²) in [7, 11) is 0. The number of esters is 3. The van der Waals surface area contributed by atoms with Gasteiger partial charge in [0.1, 0.15) is 13.2 Å². The largest absolute Gasteiger partial charge is 0.462 e. The molecule has 0 saturated carbocycles. The van der Waals surface area contributed by atoms with Gasteiger partial charge in [-0.3, -0.25) is 14.4 Å². The molecule has 0 heterocycles. The Morgan fingerprint density at radius 1 is 0.256 bits per heavy atom. The zero-order valence-corrected chi connectivity index (χ0v) is 54.2. The van der Waals surface area contributed by atoms with Gasteiger partial charge < -0.3 is 14.2 Å². The maximum Gasteiger partial charge on any atom is 0.306 e. The van der Waals surface area contributed by atoms with Gasteiger partial charge in [0.25, 0.3) is 0 Å². The number of hydrogen-bond donors (Lipinski definition) is 0. The molecule has 0 N–H and O–H groups in total. The molecule has 0 aromatic rings. The summed E-state index contributed by atoms with van der Waals surface area (Å²) in [6.45, 7) is 6.52. The van der Waals surface area contributed by atoms with Crippen molar-refractivity contribution in [2.75, 3.05) is 13.2 Å². The Labute approximate surface area is 508 Å². The molecule has 1 atom stereocenters. The molecular weight excluding hydrogens is 1010 g/mol. The van der Waals surface area contributed by atoms with Crippen LogP contribution in [0.15, 0.2) is 97.2 Å². The highest BCUT2D eigenvalue weighted by atomic mass is 16.6. The summed E-state index contributed by atoms with van der Waals surface area (Å²) in [6, 6.07) is 0. The lowest BCUT2D eigenvalue weighted by Crippen LogP contribution is -2.30. The van der Waals surface area contributed by atoms with Gasteiger partial charge in [0, 0.05) is 19.3 Å². The van der Waals surface area contributed by atoms with Crippen molar-refractivity contribution in [2.45, 2.75) is 354 Å². The van der Waals surface area contributed by atoms with E-state index in [-0.39, 0.29) is 31.1 Å². The highest BCUT2D eigenvalue weighted by Gasteiger charge is 2.19. The summed E-state index contributed by atoms with van der Waals surface area (Å²) < 4.78 is 16.9. The van der Waals surface area contributed by atoms with Crippen molar-refractivity contribution in [1.29, 1.82) is 0 Å². The number of ether oxygens (including phenoxy) is 3. The minimum Gasteiger partial charge on any atom is -0.462 e. The molecule has 0 saturated heterocycles. The van der Waals surface area contributed by atoms with Gasteiger partial charge in [0.15, 0.2) is 6.10 Å². The van der Waals surface area contributed by atoms with Crippen molar-refractivity contribution in [3.63, 3.8) is 0 Å². The predicted molar refractivity (Wildman–Crippen MR) is 357 cm³/mol. The van der Waals surface area contributed by atoms with E-state index in [0.717, 1.165) is 116 Å². The van der Waals surface area contributed by atoms with Crippen LogP contribution in [0.3, 0.4) is 0 Å². The lowest BCUT2D eigenvalue weighted by atomic mass is 10.0. The van der Waals surface area contributed by atoms with Crippen molar-refractivity contribution >= 4 is 17.9 Å². The maximum absolute atomic E-state index is 12.9. The van der Waals surface area contributed by atoms with E-state index in [1.165, 1.54) is 193 Å². The SMILES string of the molecule is CC/C=C\C/C=C\C/C=C\C/C=C\CCCCCCC(=O)OC(COC(=O)CCCCCCC/C=C\CCCCCCCCC)COC(=O)CCCCCCCCCCCCCCCCCC/C=C\C/C=C\C/C=C\CCCCCCC. The monoisotopic (exact) mass is 1140 g/mol. The van der Waals surface area contributed by atoms with Gasteiger partial charge in [0.05, 0.1) is 0 Å². The predicted octanol–water partition coefficient (Wildman–Crippen LogP) is 24.4. The number of hydrogen-bond acceptors (Lipinski definition) is 6. The van der Waals surface area contributed by atoms with Crippen LogP contribution in [0.4, 0.5) is 0 Å². The fourth-order valence-corrected chi connectivity index (χ4v) is 10.0. The number of unbranched alkanes of at least 4 members (excludes halogenated alkanes) is 37. The summed E-state index contributed by atoms with van der Waals surface area (Å²) in [5, 5.41) is 0. The molecule has 0 aromatic carbocycles. The fraction of sp³-hybridized carbons (Fsp3) is 0.750. The summed E-state index contributed by atoms with van der Waals surface area (Å²) in [6.07, 6.45) is 94.4. The van der Waals surface area contributed by atoms with Gasteiger partial charge in [-0.05, 0) is 122 Å². The summed E-state index contributed by atoms with van der Waals surface area (Å²) in [5.74, 6) is -0.907. The number of carbonyl (C=O) groups excluding carboxylic acids is 3. The average Bonchev–Trinajstić information content (AvgIpc) is 3.47. The second-order valence-corrected chi connectivity index (χ2v) is 23.4. The highest BCUT2D eigenvalue weighted by Crippen LogP contribution is 2.17. The van der Waals surface area contributed by atoms with Gasteiger partial charge in [-0.25, -0.2) is 0 Å². The van der Waals surface area contributed by atoms with Gasteiger partial charge in [-0.15, -0.1) is 0 Å². The fourth-order valence-electron chi connectivity index (χ4n) is 10.0. The normalized spacial score (nSPS) is 12.7. The summed E-state index contributed by atoms with van der Waals surface area (Å²) >= 11 is 0. The van der Waals surface area contributed by atoms with Crippen LogP contribution < -0.4 is 0 Å². The Morgan fingerprint density at radius 2 is 0.476 bits per heavy atom. The number of allylic oxidation sites excluding steroid dienone is 16. The van der Waals surface area contributed by atoms with E-state index >= 15 is 0 Å². The topological polar surface area (TPSA) is 78.9 Å². The van der Waals surface area contributed by atoms with Crippen LogP contribution in [0.1, 0.15) is 348 Å². The van der Waals surface area contributed by atoms with Crippen molar-refractivity contribution in [2.24, 2.45) is 0 Å². The van der Waals surface area contributed by atoms with Crippen LogP contribution >= 0.6 is 0 Å². The van der Waals surface area contributed by atoms with Crippen LogP contribution in [0.5, 0.6) is 0 Å². The molecule has 0 aliphatic heterocycles. The Balaban J connectivity index is 4.27. The highest BCUT2D eigenvalue weighted by molar-refractivity contribution is 5.71.